The lowest BCUT2D eigenvalue weighted by Gasteiger charge is -2.20. The Balaban J connectivity index is 1.64. The van der Waals surface area contributed by atoms with Crippen molar-refractivity contribution < 1.29 is 29.0 Å². The van der Waals surface area contributed by atoms with Gasteiger partial charge < -0.3 is 30.5 Å². The van der Waals surface area contributed by atoms with Crippen LogP contribution in [0.1, 0.15) is 30.0 Å². The summed E-state index contributed by atoms with van der Waals surface area (Å²) in [6.07, 6.45) is 1.53. The maximum absolute atomic E-state index is 13.4. The summed E-state index contributed by atoms with van der Waals surface area (Å²) in [5.41, 5.74) is 2.49. The Hall–Kier alpha value is -2.61. The van der Waals surface area contributed by atoms with Gasteiger partial charge in [0.05, 0.1) is 38.0 Å². The molecule has 236 valence electrons. The monoisotopic (exact) mass is 859 g/mol. The second kappa shape index (κ2) is 17.8. The summed E-state index contributed by atoms with van der Waals surface area (Å²) in [5, 5.41) is 18.5. The Bertz CT molecular complexity index is 1420. The number of aromatic hydroxyl groups is 1. The van der Waals surface area contributed by atoms with Gasteiger partial charge in [-0.1, -0.05) is 12.1 Å². The summed E-state index contributed by atoms with van der Waals surface area (Å²) in [6, 6.07) is 13.7. The molecule has 0 fully saturated rings. The lowest BCUT2D eigenvalue weighted by Crippen LogP contribution is -2.48. The number of carbonyl (C=O) groups is 3. The summed E-state index contributed by atoms with van der Waals surface area (Å²) >= 11 is 13.7. The Morgan fingerprint density at radius 2 is 1.45 bits per heavy atom. The van der Waals surface area contributed by atoms with E-state index in [1.54, 1.807) is 31.4 Å². The normalized spacial score (nSPS) is 11.4. The number of phenols is 1. The van der Waals surface area contributed by atoms with Crippen LogP contribution in [0.3, 0.4) is 0 Å². The van der Waals surface area contributed by atoms with E-state index in [2.05, 4.69) is 79.7 Å². The third-order valence-corrected chi connectivity index (χ3v) is 8.78. The fourth-order valence-electron chi connectivity index (χ4n) is 4.25. The molecule has 0 heterocycles. The van der Waals surface area contributed by atoms with Crippen molar-refractivity contribution in [2.75, 3.05) is 26.8 Å². The number of halogens is 4. The first-order valence-corrected chi connectivity index (χ1v) is 16.9. The molecule has 3 aromatic rings. The number of benzene rings is 3. The van der Waals surface area contributed by atoms with Crippen molar-refractivity contribution in [1.29, 1.82) is 0 Å². The van der Waals surface area contributed by atoms with Crippen molar-refractivity contribution in [3.63, 3.8) is 0 Å². The molecule has 0 aliphatic rings. The summed E-state index contributed by atoms with van der Waals surface area (Å²) in [5.74, 6) is 0.711. The fraction of sp³-hybridized carbons (Fsp3) is 0.323. The van der Waals surface area contributed by atoms with Crippen LogP contribution in [-0.2, 0) is 33.6 Å². The largest absolute Gasteiger partial charge is 0.506 e. The molecule has 3 aromatic carbocycles. The van der Waals surface area contributed by atoms with E-state index in [4.69, 9.17) is 9.47 Å². The average molecular weight is 863 g/mol. The summed E-state index contributed by atoms with van der Waals surface area (Å²) in [4.78, 5) is 37.4. The van der Waals surface area contributed by atoms with Crippen LogP contribution < -0.4 is 25.4 Å². The van der Waals surface area contributed by atoms with Crippen molar-refractivity contribution in [3.05, 3.63) is 83.1 Å². The van der Waals surface area contributed by atoms with Crippen molar-refractivity contribution >= 4 is 81.4 Å². The highest BCUT2D eigenvalue weighted by Gasteiger charge is 2.22. The molecule has 0 unspecified atom stereocenters. The molecule has 0 radical (unpaired) electrons. The number of hydrogen-bond donors (Lipinski definition) is 4. The van der Waals surface area contributed by atoms with Crippen LogP contribution in [0.5, 0.6) is 17.2 Å². The number of methoxy groups -OCH3 is 1. The first kappa shape index (κ1) is 35.9. The van der Waals surface area contributed by atoms with Crippen molar-refractivity contribution in [1.82, 2.24) is 16.0 Å². The molecular formula is C31H33Br4N3O6. The molecule has 0 spiro atoms. The second-order valence-electron chi connectivity index (χ2n) is 9.87. The fourth-order valence-corrected chi connectivity index (χ4v) is 7.13. The zero-order valence-corrected chi connectivity index (χ0v) is 30.5. The van der Waals surface area contributed by atoms with Crippen LogP contribution in [0, 0.1) is 0 Å². The number of ether oxygens (including phenoxy) is 2. The number of rotatable bonds is 15. The zero-order valence-electron chi connectivity index (χ0n) is 24.1. The lowest BCUT2D eigenvalue weighted by molar-refractivity contribution is -0.128. The van der Waals surface area contributed by atoms with Gasteiger partial charge in [-0.2, -0.15) is 0 Å². The highest BCUT2D eigenvalue weighted by atomic mass is 79.9. The highest BCUT2D eigenvalue weighted by Crippen LogP contribution is 2.35. The summed E-state index contributed by atoms with van der Waals surface area (Å²) in [7, 11) is 1.57. The van der Waals surface area contributed by atoms with Crippen LogP contribution in [0.4, 0.5) is 0 Å². The Kier molecular flexibility index (Phi) is 14.5. The lowest BCUT2D eigenvalue weighted by atomic mass is 10.0. The quantitative estimate of drug-likeness (QED) is 0.139. The Morgan fingerprint density at radius 1 is 0.841 bits per heavy atom. The van der Waals surface area contributed by atoms with Gasteiger partial charge in [-0.15, -0.1) is 0 Å². The molecule has 9 nitrogen and oxygen atoms in total. The molecule has 3 rings (SSSR count). The van der Waals surface area contributed by atoms with Crippen molar-refractivity contribution in [2.24, 2.45) is 0 Å². The van der Waals surface area contributed by atoms with E-state index < -0.39 is 6.04 Å². The predicted octanol–water partition coefficient (Wildman–Crippen LogP) is 5.98. The van der Waals surface area contributed by atoms with Crippen LogP contribution in [0.25, 0.3) is 0 Å². The van der Waals surface area contributed by atoms with Gasteiger partial charge in [0.25, 0.3) is 0 Å². The smallest absolute Gasteiger partial charge is 0.242 e. The molecule has 0 saturated heterocycles. The predicted molar refractivity (Wildman–Crippen MR) is 183 cm³/mol. The minimum atomic E-state index is -0.834. The molecular weight excluding hydrogens is 830 g/mol. The van der Waals surface area contributed by atoms with Crippen LogP contribution >= 0.6 is 63.7 Å². The number of carbonyl (C=O) groups excluding carboxylic acids is 3. The molecule has 0 saturated carbocycles. The standard InChI is InChI=1S/C31H33Br4N3O6/c1-18(39)36-9-3-11-44-22-6-4-19(5-7-22)17-28(40)38-27(16-21-14-25(34)30(43-2)26(35)15-21)31(42)37-10-8-20-12-23(32)29(41)24(33)13-20/h4-7,12-15,27,41H,3,8-11,16-17H2,1-2H3,(H,36,39)(H,37,42)(H,38,40)/t27-/m1/s1. The van der Waals surface area contributed by atoms with Gasteiger partial charge >= 0.3 is 0 Å². The molecule has 0 aromatic heterocycles. The molecule has 44 heavy (non-hydrogen) atoms. The van der Waals surface area contributed by atoms with Crippen molar-refractivity contribution in [2.45, 2.75) is 38.6 Å². The maximum Gasteiger partial charge on any atom is 0.242 e. The van der Waals surface area contributed by atoms with Gasteiger partial charge in [0.1, 0.15) is 23.3 Å². The average Bonchev–Trinajstić information content (AvgIpc) is 2.96. The number of amides is 3. The molecule has 1 atom stereocenters. The van der Waals surface area contributed by atoms with E-state index >= 15 is 0 Å². The number of hydrogen-bond acceptors (Lipinski definition) is 6. The first-order valence-electron chi connectivity index (χ1n) is 13.7. The first-order chi connectivity index (χ1) is 21.0. The molecule has 0 bridgehead atoms. The van der Waals surface area contributed by atoms with Gasteiger partial charge in [0.2, 0.25) is 17.7 Å². The van der Waals surface area contributed by atoms with Crippen LogP contribution in [0.2, 0.25) is 0 Å². The minimum absolute atomic E-state index is 0.0760. The van der Waals surface area contributed by atoms with Gasteiger partial charge in [-0.05, 0) is 130 Å². The van der Waals surface area contributed by atoms with E-state index in [0.29, 0.717) is 53.0 Å². The third kappa shape index (κ3) is 11.4. The molecule has 13 heteroatoms. The topological polar surface area (TPSA) is 126 Å². The van der Waals surface area contributed by atoms with Crippen LogP contribution in [0.15, 0.2) is 66.4 Å². The van der Waals surface area contributed by atoms with Gasteiger partial charge in [0.15, 0.2) is 0 Å². The van der Waals surface area contributed by atoms with Crippen LogP contribution in [-0.4, -0.2) is 55.7 Å². The van der Waals surface area contributed by atoms with Crippen molar-refractivity contribution in [3.8, 4) is 17.2 Å². The van der Waals surface area contributed by atoms with E-state index in [1.165, 1.54) is 6.92 Å². The maximum atomic E-state index is 13.4. The van der Waals surface area contributed by atoms with E-state index in [9.17, 15) is 19.5 Å². The Morgan fingerprint density at radius 3 is 2.05 bits per heavy atom. The number of nitrogens with one attached hydrogen (secondary N) is 3. The summed E-state index contributed by atoms with van der Waals surface area (Å²) < 4.78 is 13.6. The SMILES string of the molecule is COc1c(Br)cc(C[C@@H](NC(=O)Cc2ccc(OCCCNC(C)=O)cc2)C(=O)NCCc2cc(Br)c(O)c(Br)c2)cc1Br. The second-order valence-corrected chi connectivity index (χ2v) is 13.3. The highest BCUT2D eigenvalue weighted by molar-refractivity contribution is 9.11. The summed E-state index contributed by atoms with van der Waals surface area (Å²) in [6.45, 7) is 2.80. The van der Waals surface area contributed by atoms with Gasteiger partial charge in [-0.25, -0.2) is 0 Å². The molecule has 3 amide bonds. The van der Waals surface area contributed by atoms with E-state index in [-0.39, 0.29) is 36.3 Å². The third-order valence-electron chi connectivity index (χ3n) is 6.40. The number of phenolic OH excluding ortho intramolecular Hbond substituents is 1. The van der Waals surface area contributed by atoms with Gasteiger partial charge in [0, 0.05) is 26.4 Å². The molecule has 4 N–H and O–H groups in total. The molecule has 0 aliphatic carbocycles. The van der Waals surface area contributed by atoms with E-state index in [0.717, 1.165) is 25.6 Å². The zero-order chi connectivity index (χ0) is 32.2. The van der Waals surface area contributed by atoms with Gasteiger partial charge in [-0.3, -0.25) is 14.4 Å². The van der Waals surface area contributed by atoms with E-state index in [1.807, 2.05) is 24.3 Å². The minimum Gasteiger partial charge on any atom is -0.506 e. The molecule has 0 aliphatic heterocycles. The Labute approximate surface area is 290 Å².